The molecule has 18 heavy (non-hydrogen) atoms. The Morgan fingerprint density at radius 2 is 1.28 bits per heavy atom. The summed E-state index contributed by atoms with van der Waals surface area (Å²) in [4.78, 5) is 0. The predicted octanol–water partition coefficient (Wildman–Crippen LogP) is 4.07. The molecular formula is C15H34O2Si. The summed E-state index contributed by atoms with van der Waals surface area (Å²) in [7, 11) is -0.199. The van der Waals surface area contributed by atoms with Crippen molar-refractivity contribution in [3.63, 3.8) is 0 Å². The number of unbranched alkanes of at least 4 members (excludes halogenated alkanes) is 5. The van der Waals surface area contributed by atoms with Crippen molar-refractivity contribution in [2.45, 2.75) is 84.1 Å². The van der Waals surface area contributed by atoms with E-state index in [-0.39, 0.29) is 15.4 Å². The van der Waals surface area contributed by atoms with E-state index in [4.69, 9.17) is 9.47 Å². The molecule has 0 aromatic carbocycles. The third-order valence-electron chi connectivity index (χ3n) is 3.06. The van der Waals surface area contributed by atoms with Crippen LogP contribution in [0.2, 0.25) is 6.04 Å². The number of rotatable bonds is 14. The monoisotopic (exact) mass is 274 g/mol. The highest BCUT2D eigenvalue weighted by atomic mass is 28.2. The third kappa shape index (κ3) is 12.6. The minimum absolute atomic E-state index is 0.181. The van der Waals surface area contributed by atoms with E-state index in [1.165, 1.54) is 44.6 Å². The highest BCUT2D eigenvalue weighted by molar-refractivity contribution is 6.36. The van der Waals surface area contributed by atoms with Gasteiger partial charge in [-0.25, -0.2) is 0 Å². The van der Waals surface area contributed by atoms with Crippen LogP contribution >= 0.6 is 0 Å². The van der Waals surface area contributed by atoms with Crippen molar-refractivity contribution >= 4 is 9.52 Å². The van der Waals surface area contributed by atoms with Gasteiger partial charge in [0.15, 0.2) is 0 Å². The van der Waals surface area contributed by atoms with Crippen LogP contribution in [-0.4, -0.2) is 28.6 Å². The molecule has 0 aliphatic heterocycles. The average Bonchev–Trinajstić information content (AvgIpc) is 2.40. The number of hydrogen-bond acceptors (Lipinski definition) is 2. The smallest absolute Gasteiger partial charge is 0.134 e. The van der Waals surface area contributed by atoms with E-state index in [0.717, 1.165) is 26.1 Å². The lowest BCUT2D eigenvalue weighted by molar-refractivity contribution is -0.0904. The molecule has 110 valence electrons. The second kappa shape index (κ2) is 15.2. The summed E-state index contributed by atoms with van der Waals surface area (Å²) >= 11 is 0. The van der Waals surface area contributed by atoms with E-state index >= 15 is 0 Å². The standard InChI is InChI=1S/C15H34O2Si/c1-4-7-8-9-10-11-14-18-15(16-12-5-2)17-13-6-3/h15H,4-14,18H2,1-3H3. The molecule has 0 aromatic rings. The van der Waals surface area contributed by atoms with E-state index in [1.807, 2.05) is 0 Å². The van der Waals surface area contributed by atoms with E-state index in [2.05, 4.69) is 20.8 Å². The van der Waals surface area contributed by atoms with Crippen molar-refractivity contribution < 1.29 is 9.47 Å². The van der Waals surface area contributed by atoms with Gasteiger partial charge < -0.3 is 9.47 Å². The number of ether oxygens (including phenoxy) is 2. The minimum atomic E-state index is -0.199. The van der Waals surface area contributed by atoms with Crippen LogP contribution in [0.4, 0.5) is 0 Å². The van der Waals surface area contributed by atoms with Gasteiger partial charge in [0.05, 0.1) is 9.52 Å². The van der Waals surface area contributed by atoms with Gasteiger partial charge in [0.1, 0.15) is 5.91 Å². The lowest BCUT2D eigenvalue weighted by Crippen LogP contribution is -2.25. The van der Waals surface area contributed by atoms with Crippen molar-refractivity contribution in [1.29, 1.82) is 0 Å². The summed E-state index contributed by atoms with van der Waals surface area (Å²) in [6, 6.07) is 1.38. The van der Waals surface area contributed by atoms with Crippen molar-refractivity contribution in [2.24, 2.45) is 0 Å². The molecule has 0 amide bonds. The second-order valence-corrected chi connectivity index (χ2v) is 7.03. The van der Waals surface area contributed by atoms with Crippen molar-refractivity contribution in [2.75, 3.05) is 13.2 Å². The first-order chi connectivity index (χ1) is 8.85. The first-order valence-corrected chi connectivity index (χ1v) is 9.89. The molecule has 0 atom stereocenters. The Labute approximate surface area is 117 Å². The molecule has 0 fully saturated rings. The second-order valence-electron chi connectivity index (χ2n) is 5.08. The van der Waals surface area contributed by atoms with Gasteiger partial charge in [-0.3, -0.25) is 0 Å². The van der Waals surface area contributed by atoms with E-state index in [9.17, 15) is 0 Å². The Bertz CT molecular complexity index is 145. The topological polar surface area (TPSA) is 18.5 Å². The average molecular weight is 275 g/mol. The predicted molar refractivity (Wildman–Crippen MR) is 83.0 cm³/mol. The molecule has 0 radical (unpaired) electrons. The normalized spacial score (nSPS) is 12.0. The van der Waals surface area contributed by atoms with Gasteiger partial charge in [-0.05, 0) is 12.8 Å². The highest BCUT2D eigenvalue weighted by Crippen LogP contribution is 2.08. The first kappa shape index (κ1) is 18.1. The van der Waals surface area contributed by atoms with Gasteiger partial charge in [0, 0.05) is 13.2 Å². The SMILES string of the molecule is CCCCCCCC[SiH2]C(OCCC)OCCC. The molecular weight excluding hydrogens is 240 g/mol. The lowest BCUT2D eigenvalue weighted by Gasteiger charge is -2.17. The van der Waals surface area contributed by atoms with Crippen LogP contribution in [0.1, 0.15) is 72.1 Å². The summed E-state index contributed by atoms with van der Waals surface area (Å²) in [5.74, 6) is 0.181. The molecule has 0 saturated carbocycles. The fraction of sp³-hybridized carbons (Fsp3) is 1.00. The Morgan fingerprint density at radius 1 is 0.722 bits per heavy atom. The molecule has 3 heteroatoms. The van der Waals surface area contributed by atoms with Gasteiger partial charge in [-0.1, -0.05) is 65.3 Å². The third-order valence-corrected chi connectivity index (χ3v) is 4.91. The Morgan fingerprint density at radius 3 is 1.83 bits per heavy atom. The lowest BCUT2D eigenvalue weighted by atomic mass is 10.1. The van der Waals surface area contributed by atoms with Gasteiger partial charge >= 0.3 is 0 Å². The zero-order chi connectivity index (χ0) is 13.5. The zero-order valence-corrected chi connectivity index (χ0v) is 14.3. The summed E-state index contributed by atoms with van der Waals surface area (Å²) in [5.41, 5.74) is 0. The van der Waals surface area contributed by atoms with Gasteiger partial charge in [-0.2, -0.15) is 0 Å². The molecule has 0 saturated heterocycles. The summed E-state index contributed by atoms with van der Waals surface area (Å²) in [5, 5.41) is 0. The van der Waals surface area contributed by atoms with Crippen molar-refractivity contribution in [3.05, 3.63) is 0 Å². The summed E-state index contributed by atoms with van der Waals surface area (Å²) < 4.78 is 11.6. The van der Waals surface area contributed by atoms with Gasteiger partial charge in [0.2, 0.25) is 0 Å². The molecule has 0 rings (SSSR count). The van der Waals surface area contributed by atoms with Crippen LogP contribution < -0.4 is 0 Å². The van der Waals surface area contributed by atoms with Crippen LogP contribution in [0.3, 0.4) is 0 Å². The molecule has 0 unspecified atom stereocenters. The fourth-order valence-electron chi connectivity index (χ4n) is 1.98. The maximum atomic E-state index is 5.78. The molecule has 2 nitrogen and oxygen atoms in total. The summed E-state index contributed by atoms with van der Waals surface area (Å²) in [6.45, 7) is 8.31. The Hall–Kier alpha value is 0.137. The van der Waals surface area contributed by atoms with Crippen LogP contribution in [0.5, 0.6) is 0 Å². The maximum absolute atomic E-state index is 5.78. The van der Waals surface area contributed by atoms with Crippen LogP contribution in [0.15, 0.2) is 0 Å². The van der Waals surface area contributed by atoms with E-state index < -0.39 is 0 Å². The van der Waals surface area contributed by atoms with E-state index in [1.54, 1.807) is 0 Å². The zero-order valence-electron chi connectivity index (χ0n) is 12.9. The Kier molecular flexibility index (Phi) is 15.3. The van der Waals surface area contributed by atoms with Crippen molar-refractivity contribution in [3.8, 4) is 0 Å². The van der Waals surface area contributed by atoms with Gasteiger partial charge in [-0.15, -0.1) is 0 Å². The van der Waals surface area contributed by atoms with E-state index in [0.29, 0.717) is 0 Å². The summed E-state index contributed by atoms with van der Waals surface area (Å²) in [6.07, 6.45) is 10.6. The minimum Gasteiger partial charge on any atom is -0.357 e. The van der Waals surface area contributed by atoms with Crippen LogP contribution in [0.25, 0.3) is 0 Å². The van der Waals surface area contributed by atoms with Crippen molar-refractivity contribution in [1.82, 2.24) is 0 Å². The molecule has 0 bridgehead atoms. The number of hydrogen-bond donors (Lipinski definition) is 0. The molecule has 0 aliphatic carbocycles. The largest absolute Gasteiger partial charge is 0.357 e. The molecule has 0 aromatic heterocycles. The van der Waals surface area contributed by atoms with Crippen LogP contribution in [-0.2, 0) is 9.47 Å². The Balaban J connectivity index is 3.43. The molecule has 0 aliphatic rings. The maximum Gasteiger partial charge on any atom is 0.134 e. The molecule has 0 heterocycles. The quantitative estimate of drug-likeness (QED) is 0.270. The molecule has 0 N–H and O–H groups in total. The highest BCUT2D eigenvalue weighted by Gasteiger charge is 2.08. The fourth-order valence-corrected chi connectivity index (χ4v) is 3.62. The molecule has 0 spiro atoms. The van der Waals surface area contributed by atoms with Crippen LogP contribution in [0, 0.1) is 0 Å². The van der Waals surface area contributed by atoms with Gasteiger partial charge in [0.25, 0.3) is 0 Å². The first-order valence-electron chi connectivity index (χ1n) is 8.08.